The van der Waals surface area contributed by atoms with Crippen molar-refractivity contribution < 1.29 is 9.47 Å². The van der Waals surface area contributed by atoms with E-state index in [-0.39, 0.29) is 6.29 Å². The maximum absolute atomic E-state index is 5.49. The van der Waals surface area contributed by atoms with Crippen LogP contribution < -0.4 is 0 Å². The summed E-state index contributed by atoms with van der Waals surface area (Å²) in [6, 6.07) is 2.14. The monoisotopic (exact) mass is 214 g/mol. The van der Waals surface area contributed by atoms with Crippen molar-refractivity contribution in [1.29, 1.82) is 0 Å². The fourth-order valence-electron chi connectivity index (χ4n) is 1.34. The van der Waals surface area contributed by atoms with E-state index in [1.54, 1.807) is 11.3 Å². The lowest BCUT2D eigenvalue weighted by Crippen LogP contribution is -2.20. The Morgan fingerprint density at radius 1 is 1.29 bits per heavy atom. The fourth-order valence-corrected chi connectivity index (χ4v) is 2.08. The number of rotatable bonds is 6. The van der Waals surface area contributed by atoms with Gasteiger partial charge < -0.3 is 9.47 Å². The summed E-state index contributed by atoms with van der Waals surface area (Å²) in [4.78, 5) is 1.36. The van der Waals surface area contributed by atoms with E-state index in [0.29, 0.717) is 13.2 Å². The molecule has 3 heteroatoms. The minimum atomic E-state index is -0.0849. The van der Waals surface area contributed by atoms with E-state index in [4.69, 9.17) is 9.47 Å². The molecule has 0 aliphatic rings. The van der Waals surface area contributed by atoms with Crippen molar-refractivity contribution in [1.82, 2.24) is 0 Å². The highest BCUT2D eigenvalue weighted by atomic mass is 32.1. The van der Waals surface area contributed by atoms with Gasteiger partial charge in [-0.25, -0.2) is 0 Å². The van der Waals surface area contributed by atoms with E-state index in [1.165, 1.54) is 10.4 Å². The summed E-state index contributed by atoms with van der Waals surface area (Å²) in [5.41, 5.74) is 1.34. The van der Waals surface area contributed by atoms with Crippen LogP contribution in [0.25, 0.3) is 0 Å². The number of hydrogen-bond acceptors (Lipinski definition) is 3. The highest BCUT2D eigenvalue weighted by Crippen LogP contribution is 2.18. The van der Waals surface area contributed by atoms with Crippen LogP contribution in [0.5, 0.6) is 0 Å². The quantitative estimate of drug-likeness (QED) is 0.678. The molecular weight excluding hydrogens is 196 g/mol. The highest BCUT2D eigenvalue weighted by Gasteiger charge is 2.10. The van der Waals surface area contributed by atoms with Crippen LogP contribution in [0.3, 0.4) is 0 Å². The summed E-state index contributed by atoms with van der Waals surface area (Å²) < 4.78 is 11.0. The Morgan fingerprint density at radius 2 is 1.93 bits per heavy atom. The highest BCUT2D eigenvalue weighted by molar-refractivity contribution is 7.10. The molecule has 1 aromatic rings. The van der Waals surface area contributed by atoms with Gasteiger partial charge in [-0.2, -0.15) is 0 Å². The van der Waals surface area contributed by atoms with Crippen LogP contribution >= 0.6 is 11.3 Å². The summed E-state index contributed by atoms with van der Waals surface area (Å²) in [5.74, 6) is 0. The van der Waals surface area contributed by atoms with Crippen LogP contribution in [0.4, 0.5) is 0 Å². The van der Waals surface area contributed by atoms with Gasteiger partial charge in [-0.1, -0.05) is 0 Å². The number of aryl methyl sites for hydroxylation is 1. The molecule has 2 nitrogen and oxygen atoms in total. The third-order valence-electron chi connectivity index (χ3n) is 2.06. The Labute approximate surface area is 89.9 Å². The minimum Gasteiger partial charge on any atom is -0.353 e. The second-order valence-electron chi connectivity index (χ2n) is 3.05. The lowest BCUT2D eigenvalue weighted by molar-refractivity contribution is -0.134. The maximum Gasteiger partial charge on any atom is 0.161 e. The van der Waals surface area contributed by atoms with Gasteiger partial charge in [0.25, 0.3) is 0 Å². The molecule has 0 amide bonds. The van der Waals surface area contributed by atoms with E-state index >= 15 is 0 Å². The second-order valence-corrected chi connectivity index (χ2v) is 4.17. The molecule has 0 aliphatic heterocycles. The molecule has 0 atom stereocenters. The molecule has 0 saturated carbocycles. The van der Waals surface area contributed by atoms with E-state index < -0.39 is 0 Å². The lowest BCUT2D eigenvalue weighted by Gasteiger charge is -2.16. The SMILES string of the molecule is CCOC(Cc1ccsc1C)OCC. The van der Waals surface area contributed by atoms with Crippen LogP contribution in [-0.4, -0.2) is 19.5 Å². The zero-order valence-electron chi connectivity index (χ0n) is 9.08. The van der Waals surface area contributed by atoms with Crippen LogP contribution in [-0.2, 0) is 15.9 Å². The predicted octanol–water partition coefficient (Wildman–Crippen LogP) is 3.00. The molecule has 0 N–H and O–H groups in total. The first-order valence-corrected chi connectivity index (χ1v) is 5.92. The summed E-state index contributed by atoms with van der Waals surface area (Å²) in [6.45, 7) is 7.52. The van der Waals surface area contributed by atoms with Crippen molar-refractivity contribution in [3.63, 3.8) is 0 Å². The van der Waals surface area contributed by atoms with Crippen LogP contribution in [0.1, 0.15) is 24.3 Å². The van der Waals surface area contributed by atoms with Crippen molar-refractivity contribution in [2.45, 2.75) is 33.5 Å². The lowest BCUT2D eigenvalue weighted by atomic mass is 10.2. The minimum absolute atomic E-state index is 0.0849. The number of thiophene rings is 1. The van der Waals surface area contributed by atoms with Gasteiger partial charge in [0, 0.05) is 24.5 Å². The van der Waals surface area contributed by atoms with Crippen molar-refractivity contribution in [2.75, 3.05) is 13.2 Å². The second kappa shape index (κ2) is 6.17. The molecule has 0 bridgehead atoms. The first-order chi connectivity index (χ1) is 6.77. The number of hydrogen-bond donors (Lipinski definition) is 0. The topological polar surface area (TPSA) is 18.5 Å². The zero-order chi connectivity index (χ0) is 10.4. The van der Waals surface area contributed by atoms with Crippen LogP contribution in [0, 0.1) is 6.92 Å². The van der Waals surface area contributed by atoms with E-state index in [2.05, 4.69) is 18.4 Å². The molecule has 0 spiro atoms. The molecule has 0 aliphatic carbocycles. The van der Waals surface area contributed by atoms with Gasteiger partial charge in [-0.05, 0) is 37.8 Å². The maximum atomic E-state index is 5.49. The van der Waals surface area contributed by atoms with Gasteiger partial charge in [-0.15, -0.1) is 11.3 Å². The molecule has 1 rings (SSSR count). The molecule has 1 heterocycles. The average Bonchev–Trinajstić information content (AvgIpc) is 2.53. The largest absolute Gasteiger partial charge is 0.353 e. The van der Waals surface area contributed by atoms with Crippen molar-refractivity contribution in [3.05, 3.63) is 21.9 Å². The molecule has 14 heavy (non-hydrogen) atoms. The Hall–Kier alpha value is -0.380. The normalized spacial score (nSPS) is 11.1. The zero-order valence-corrected chi connectivity index (χ0v) is 9.89. The average molecular weight is 214 g/mol. The van der Waals surface area contributed by atoms with Gasteiger partial charge in [0.15, 0.2) is 6.29 Å². The molecular formula is C11H18O2S. The molecule has 0 aromatic carbocycles. The molecule has 80 valence electrons. The third kappa shape index (κ3) is 3.40. The summed E-state index contributed by atoms with van der Waals surface area (Å²) in [5, 5.41) is 2.11. The van der Waals surface area contributed by atoms with Crippen LogP contribution in [0.15, 0.2) is 11.4 Å². The van der Waals surface area contributed by atoms with E-state index in [0.717, 1.165) is 6.42 Å². The molecule has 0 saturated heterocycles. The van der Waals surface area contributed by atoms with Crippen molar-refractivity contribution in [3.8, 4) is 0 Å². The summed E-state index contributed by atoms with van der Waals surface area (Å²) in [7, 11) is 0. The van der Waals surface area contributed by atoms with Crippen LogP contribution in [0.2, 0.25) is 0 Å². The van der Waals surface area contributed by atoms with E-state index in [9.17, 15) is 0 Å². The Morgan fingerprint density at radius 3 is 2.36 bits per heavy atom. The van der Waals surface area contributed by atoms with Gasteiger partial charge in [0.2, 0.25) is 0 Å². The molecule has 1 aromatic heterocycles. The first-order valence-electron chi connectivity index (χ1n) is 5.04. The van der Waals surface area contributed by atoms with Gasteiger partial charge >= 0.3 is 0 Å². The standard InChI is InChI=1S/C11H18O2S/c1-4-12-11(13-5-2)8-10-6-7-14-9(10)3/h6-7,11H,4-5,8H2,1-3H3. The smallest absolute Gasteiger partial charge is 0.161 e. The Bertz CT molecular complexity index is 252. The Balaban J connectivity index is 2.50. The third-order valence-corrected chi connectivity index (χ3v) is 2.95. The van der Waals surface area contributed by atoms with Gasteiger partial charge in [-0.3, -0.25) is 0 Å². The summed E-state index contributed by atoms with van der Waals surface area (Å²) in [6.07, 6.45) is 0.773. The molecule has 0 fully saturated rings. The van der Waals surface area contributed by atoms with Gasteiger partial charge in [0.1, 0.15) is 0 Å². The van der Waals surface area contributed by atoms with Crippen molar-refractivity contribution in [2.24, 2.45) is 0 Å². The summed E-state index contributed by atoms with van der Waals surface area (Å²) >= 11 is 1.77. The van der Waals surface area contributed by atoms with Crippen molar-refractivity contribution >= 4 is 11.3 Å². The number of ether oxygens (including phenoxy) is 2. The van der Waals surface area contributed by atoms with Gasteiger partial charge in [0.05, 0.1) is 0 Å². The first kappa shape index (κ1) is 11.7. The van der Waals surface area contributed by atoms with E-state index in [1.807, 2.05) is 13.8 Å². The fraction of sp³-hybridized carbons (Fsp3) is 0.636. The predicted molar refractivity (Wildman–Crippen MR) is 59.8 cm³/mol. The molecule has 0 unspecified atom stereocenters. The molecule has 0 radical (unpaired) electrons. The Kier molecular flexibility index (Phi) is 5.15.